The van der Waals surface area contributed by atoms with Crippen LogP contribution in [0.2, 0.25) is 0 Å². The number of hydrogen-bond acceptors (Lipinski definition) is 6. The second-order valence-corrected chi connectivity index (χ2v) is 9.29. The van der Waals surface area contributed by atoms with E-state index >= 15 is 0 Å². The van der Waals surface area contributed by atoms with E-state index in [-0.39, 0.29) is 17.2 Å². The number of fused-ring (bicyclic) bond motifs is 1. The predicted octanol–water partition coefficient (Wildman–Crippen LogP) is 3.11. The first-order valence-electron chi connectivity index (χ1n) is 11.3. The molecule has 0 amide bonds. The fourth-order valence-electron chi connectivity index (χ4n) is 5.13. The lowest BCUT2D eigenvalue weighted by atomic mass is 9.75. The van der Waals surface area contributed by atoms with Gasteiger partial charge in [0, 0.05) is 42.8 Å². The van der Waals surface area contributed by atoms with E-state index in [9.17, 15) is 14.4 Å². The number of carbonyl (C=O) groups excluding carboxylic acids is 3. The number of aldehydes is 1. The van der Waals surface area contributed by atoms with Gasteiger partial charge in [-0.25, -0.2) is 4.79 Å². The van der Waals surface area contributed by atoms with Crippen molar-refractivity contribution in [3.8, 4) is 0 Å². The Balaban J connectivity index is 1.32. The first-order valence-corrected chi connectivity index (χ1v) is 11.3. The number of piperidine rings is 1. The Morgan fingerprint density at radius 3 is 2.61 bits per heavy atom. The van der Waals surface area contributed by atoms with Crippen LogP contribution in [0.25, 0.3) is 0 Å². The lowest BCUT2D eigenvalue weighted by Crippen LogP contribution is -2.45. The zero-order chi connectivity index (χ0) is 22.0. The summed E-state index contributed by atoms with van der Waals surface area (Å²) in [5, 5.41) is 3.51. The number of nitrogens with one attached hydrogen (secondary N) is 1. The number of rotatable bonds is 8. The molecule has 3 aliphatic rings. The number of allylic oxidation sites excluding steroid dienone is 2. The molecule has 1 aromatic rings. The van der Waals surface area contributed by atoms with Crippen LogP contribution >= 0.6 is 0 Å². The summed E-state index contributed by atoms with van der Waals surface area (Å²) in [4.78, 5) is 37.4. The molecule has 0 atom stereocenters. The zero-order valence-corrected chi connectivity index (χ0v) is 18.6. The summed E-state index contributed by atoms with van der Waals surface area (Å²) in [5.74, 6) is 0.0215. The van der Waals surface area contributed by atoms with Crippen LogP contribution in [0, 0.1) is 12.3 Å². The molecule has 0 bridgehead atoms. The maximum Gasteiger partial charge on any atom is 0.338 e. The van der Waals surface area contributed by atoms with Gasteiger partial charge in [-0.2, -0.15) is 0 Å². The van der Waals surface area contributed by atoms with Gasteiger partial charge in [0.2, 0.25) is 0 Å². The average Bonchev–Trinajstić information content (AvgIpc) is 3.30. The largest absolute Gasteiger partial charge is 0.457 e. The summed E-state index contributed by atoms with van der Waals surface area (Å²) in [6.07, 6.45) is 5.91. The van der Waals surface area contributed by atoms with Gasteiger partial charge in [0.15, 0.2) is 5.78 Å². The number of likely N-dealkylation sites (tertiary alicyclic amines) is 1. The molecule has 2 heterocycles. The third-order valence-corrected chi connectivity index (χ3v) is 7.56. The molecular weight excluding hydrogens is 392 g/mol. The molecule has 0 saturated carbocycles. The Bertz CT molecular complexity index is 926. The lowest BCUT2D eigenvalue weighted by Gasteiger charge is -2.41. The third-order valence-electron chi connectivity index (χ3n) is 7.56. The van der Waals surface area contributed by atoms with Crippen molar-refractivity contribution in [1.82, 2.24) is 10.2 Å². The molecule has 2 aliphatic heterocycles. The van der Waals surface area contributed by atoms with E-state index in [2.05, 4.69) is 23.2 Å². The molecule has 6 nitrogen and oxygen atoms in total. The number of ketones is 1. The Kier molecular flexibility index (Phi) is 6.28. The van der Waals surface area contributed by atoms with Crippen molar-refractivity contribution in [2.24, 2.45) is 5.41 Å². The minimum atomic E-state index is -0.214. The van der Waals surface area contributed by atoms with Gasteiger partial charge < -0.3 is 19.7 Å². The molecule has 1 aromatic carbocycles. The van der Waals surface area contributed by atoms with Crippen molar-refractivity contribution in [2.45, 2.75) is 59.0 Å². The first-order chi connectivity index (χ1) is 14.9. The number of Topliss-reactive ketones (excluding diaryl/α,β-unsaturated/α-hetero) is 1. The minimum Gasteiger partial charge on any atom is -0.457 e. The minimum absolute atomic E-state index is 0.0294. The van der Waals surface area contributed by atoms with Crippen LogP contribution in [0.1, 0.15) is 66.1 Å². The van der Waals surface area contributed by atoms with Gasteiger partial charge in [-0.3, -0.25) is 4.79 Å². The van der Waals surface area contributed by atoms with Crippen molar-refractivity contribution >= 4 is 18.0 Å². The van der Waals surface area contributed by atoms with Gasteiger partial charge in [-0.05, 0) is 75.2 Å². The highest BCUT2D eigenvalue weighted by Gasteiger charge is 2.35. The highest BCUT2D eigenvalue weighted by molar-refractivity contribution is 5.98. The number of ether oxygens (including phenoxy) is 1. The summed E-state index contributed by atoms with van der Waals surface area (Å²) in [5.41, 5.74) is 6.08. The van der Waals surface area contributed by atoms with Crippen LogP contribution in [-0.4, -0.2) is 49.1 Å². The second kappa shape index (κ2) is 8.95. The van der Waals surface area contributed by atoms with E-state index in [0.29, 0.717) is 25.0 Å². The predicted molar refractivity (Wildman–Crippen MR) is 118 cm³/mol. The number of benzene rings is 1. The molecule has 1 fully saturated rings. The molecule has 0 radical (unpaired) electrons. The van der Waals surface area contributed by atoms with E-state index in [4.69, 9.17) is 4.74 Å². The quantitative estimate of drug-likeness (QED) is 0.511. The van der Waals surface area contributed by atoms with E-state index < -0.39 is 0 Å². The van der Waals surface area contributed by atoms with Crippen LogP contribution in [0.15, 0.2) is 23.4 Å². The maximum atomic E-state index is 11.8. The molecule has 0 unspecified atom stereocenters. The fraction of sp³-hybridized carbons (Fsp3) is 0.560. The molecular formula is C25H32N2O4. The summed E-state index contributed by atoms with van der Waals surface area (Å²) < 4.78 is 5.17. The number of nitrogens with zero attached hydrogens (tertiary/aromatic N) is 1. The molecule has 6 heteroatoms. The molecule has 1 N–H and O–H groups in total. The number of hydrogen-bond donors (Lipinski definition) is 1. The molecule has 31 heavy (non-hydrogen) atoms. The molecule has 4 rings (SSSR count). The number of cyclic esters (lactones) is 1. The van der Waals surface area contributed by atoms with Crippen LogP contribution in [0.3, 0.4) is 0 Å². The normalized spacial score (nSPS) is 20.7. The van der Waals surface area contributed by atoms with E-state index in [1.54, 1.807) is 0 Å². The Morgan fingerprint density at radius 2 is 1.94 bits per heavy atom. The average molecular weight is 425 g/mol. The maximum absolute atomic E-state index is 11.8. The fourth-order valence-corrected chi connectivity index (χ4v) is 5.13. The Hall–Kier alpha value is -2.47. The van der Waals surface area contributed by atoms with Crippen molar-refractivity contribution in [3.63, 3.8) is 0 Å². The molecule has 1 aliphatic carbocycles. The highest BCUT2D eigenvalue weighted by Crippen LogP contribution is 2.35. The molecule has 1 saturated heterocycles. The van der Waals surface area contributed by atoms with Gasteiger partial charge in [0.05, 0.1) is 5.56 Å². The van der Waals surface area contributed by atoms with Crippen LogP contribution < -0.4 is 5.32 Å². The highest BCUT2D eigenvalue weighted by atomic mass is 16.5. The second-order valence-electron chi connectivity index (χ2n) is 9.29. The molecule has 0 spiro atoms. The SMILES string of the molecule is CC1=C(NCC2(CC=O)CCN(CCc3ccc4c(c3C)COC4=O)CC2)CCC1=O. The topological polar surface area (TPSA) is 75.7 Å². The smallest absolute Gasteiger partial charge is 0.338 e. The van der Waals surface area contributed by atoms with Gasteiger partial charge in [-0.15, -0.1) is 0 Å². The van der Waals surface area contributed by atoms with Gasteiger partial charge in [0.1, 0.15) is 12.9 Å². The summed E-state index contributed by atoms with van der Waals surface area (Å²) in [7, 11) is 0. The summed E-state index contributed by atoms with van der Waals surface area (Å²) in [6.45, 7) is 8.04. The lowest BCUT2D eigenvalue weighted by molar-refractivity contribution is -0.115. The van der Waals surface area contributed by atoms with E-state index in [1.807, 2.05) is 13.0 Å². The number of carbonyl (C=O) groups is 3. The third kappa shape index (κ3) is 4.45. The van der Waals surface area contributed by atoms with Crippen molar-refractivity contribution in [3.05, 3.63) is 45.7 Å². The standard InChI is InChI=1S/C25H32N2O4/c1-17-19(3-4-20-21(17)15-31-24(20)30)7-11-27-12-8-25(9-13-27,10-14-28)16-26-22-5-6-23(29)18(22)2/h3-4,14,26H,5-13,15-16H2,1-2H3. The Labute approximate surface area is 184 Å². The van der Waals surface area contributed by atoms with Gasteiger partial charge >= 0.3 is 5.97 Å². The monoisotopic (exact) mass is 424 g/mol. The molecule has 166 valence electrons. The zero-order valence-electron chi connectivity index (χ0n) is 18.6. The first kappa shape index (κ1) is 21.8. The van der Waals surface area contributed by atoms with Crippen LogP contribution in [0.4, 0.5) is 0 Å². The van der Waals surface area contributed by atoms with Crippen molar-refractivity contribution in [1.29, 1.82) is 0 Å². The van der Waals surface area contributed by atoms with Crippen molar-refractivity contribution < 1.29 is 19.1 Å². The van der Waals surface area contributed by atoms with Crippen LogP contribution in [-0.2, 0) is 27.4 Å². The van der Waals surface area contributed by atoms with E-state index in [1.165, 1.54) is 11.1 Å². The summed E-state index contributed by atoms with van der Waals surface area (Å²) in [6, 6.07) is 3.96. The van der Waals surface area contributed by atoms with Gasteiger partial charge in [0.25, 0.3) is 0 Å². The van der Waals surface area contributed by atoms with Gasteiger partial charge in [-0.1, -0.05) is 6.07 Å². The molecule has 0 aromatic heterocycles. The Morgan fingerprint density at radius 1 is 1.16 bits per heavy atom. The summed E-state index contributed by atoms with van der Waals surface area (Å²) >= 11 is 0. The van der Waals surface area contributed by atoms with Crippen LogP contribution in [0.5, 0.6) is 0 Å². The van der Waals surface area contributed by atoms with Crippen molar-refractivity contribution in [2.75, 3.05) is 26.2 Å². The number of esters is 1. The van der Waals surface area contributed by atoms with E-state index in [0.717, 1.165) is 75.0 Å².